The van der Waals surface area contributed by atoms with Crippen LogP contribution in [0.4, 0.5) is 0 Å². The summed E-state index contributed by atoms with van der Waals surface area (Å²) in [5, 5.41) is 2.01. The van der Waals surface area contributed by atoms with Gasteiger partial charge in [-0.1, -0.05) is 6.92 Å². The molecule has 21 heavy (non-hydrogen) atoms. The van der Waals surface area contributed by atoms with Crippen molar-refractivity contribution in [1.82, 2.24) is 4.90 Å². The van der Waals surface area contributed by atoms with E-state index >= 15 is 0 Å². The van der Waals surface area contributed by atoms with Crippen LogP contribution >= 0.6 is 11.3 Å². The first-order chi connectivity index (χ1) is 10.1. The normalized spacial score (nSPS) is 24.8. The number of fused-ring (bicyclic) bond motifs is 1. The number of hydrogen-bond acceptors (Lipinski definition) is 4. The third kappa shape index (κ3) is 2.71. The second kappa shape index (κ2) is 5.79. The topological polar surface area (TPSA) is 46.6 Å². The predicted molar refractivity (Wildman–Crippen MR) is 81.5 cm³/mol. The number of thiophene rings is 1. The van der Waals surface area contributed by atoms with E-state index < -0.39 is 0 Å². The maximum atomic E-state index is 12.7. The molecule has 0 saturated carbocycles. The van der Waals surface area contributed by atoms with Gasteiger partial charge in [0.25, 0.3) is 5.91 Å². The van der Waals surface area contributed by atoms with Crippen LogP contribution in [0.1, 0.15) is 40.6 Å². The zero-order valence-electron chi connectivity index (χ0n) is 12.6. The van der Waals surface area contributed by atoms with Crippen LogP contribution in [0.5, 0.6) is 0 Å². The summed E-state index contributed by atoms with van der Waals surface area (Å²) in [7, 11) is 1.41. The lowest BCUT2D eigenvalue weighted by atomic mass is 9.88. The molecular formula is C16H21NO3S. The molecule has 1 fully saturated rings. The first kappa shape index (κ1) is 14.6. The number of nitrogens with zero attached hydrogens (tertiary/aromatic N) is 1. The van der Waals surface area contributed by atoms with Crippen molar-refractivity contribution in [2.75, 3.05) is 20.2 Å². The Balaban J connectivity index is 1.74. The smallest absolute Gasteiger partial charge is 0.310 e. The van der Waals surface area contributed by atoms with Crippen LogP contribution in [-0.2, 0) is 22.4 Å². The van der Waals surface area contributed by atoms with Crippen molar-refractivity contribution in [2.24, 2.45) is 11.8 Å². The summed E-state index contributed by atoms with van der Waals surface area (Å²) < 4.78 is 4.78. The molecule has 2 aliphatic rings. The summed E-state index contributed by atoms with van der Waals surface area (Å²) in [6.45, 7) is 3.41. The van der Waals surface area contributed by atoms with Gasteiger partial charge in [0, 0.05) is 23.3 Å². The van der Waals surface area contributed by atoms with Crippen molar-refractivity contribution in [3.63, 3.8) is 0 Å². The highest BCUT2D eigenvalue weighted by molar-refractivity contribution is 7.10. The van der Waals surface area contributed by atoms with Gasteiger partial charge in [0.2, 0.25) is 0 Å². The van der Waals surface area contributed by atoms with E-state index in [4.69, 9.17) is 4.74 Å². The number of amides is 1. The van der Waals surface area contributed by atoms with Crippen molar-refractivity contribution in [3.05, 3.63) is 21.4 Å². The van der Waals surface area contributed by atoms with E-state index in [-0.39, 0.29) is 17.8 Å². The van der Waals surface area contributed by atoms with Gasteiger partial charge in [-0.15, -0.1) is 11.3 Å². The molecule has 5 heteroatoms. The van der Waals surface area contributed by atoms with Crippen LogP contribution in [-0.4, -0.2) is 37.0 Å². The fourth-order valence-electron chi connectivity index (χ4n) is 3.33. The minimum atomic E-state index is -0.202. The van der Waals surface area contributed by atoms with Crippen LogP contribution in [0.15, 0.2) is 5.38 Å². The van der Waals surface area contributed by atoms with Crippen molar-refractivity contribution >= 4 is 23.2 Å². The molecule has 0 radical (unpaired) electrons. The average molecular weight is 307 g/mol. The minimum absolute atomic E-state index is 0.0912. The predicted octanol–water partition coefficient (Wildman–Crippen LogP) is 2.51. The monoisotopic (exact) mass is 307 g/mol. The Hall–Kier alpha value is -1.36. The van der Waals surface area contributed by atoms with Gasteiger partial charge in [-0.25, -0.2) is 0 Å². The molecule has 1 amide bonds. The lowest BCUT2D eigenvalue weighted by Gasteiger charge is -2.21. The van der Waals surface area contributed by atoms with Gasteiger partial charge >= 0.3 is 5.97 Å². The van der Waals surface area contributed by atoms with E-state index in [0.717, 1.165) is 30.7 Å². The summed E-state index contributed by atoms with van der Waals surface area (Å²) in [5.74, 6) is 0.447. The number of methoxy groups -OCH3 is 1. The second-order valence-electron chi connectivity index (χ2n) is 6.16. The van der Waals surface area contributed by atoms with Crippen LogP contribution < -0.4 is 0 Å². The van der Waals surface area contributed by atoms with Crippen molar-refractivity contribution < 1.29 is 14.3 Å². The minimum Gasteiger partial charge on any atom is -0.469 e. The molecule has 1 saturated heterocycles. The second-order valence-corrected chi connectivity index (χ2v) is 7.12. The number of likely N-dealkylation sites (tertiary alicyclic amines) is 1. The van der Waals surface area contributed by atoms with Gasteiger partial charge in [-0.2, -0.15) is 0 Å². The van der Waals surface area contributed by atoms with Crippen molar-refractivity contribution in [2.45, 2.75) is 32.6 Å². The largest absolute Gasteiger partial charge is 0.469 e. The number of carbonyl (C=O) groups is 2. The lowest BCUT2D eigenvalue weighted by Crippen LogP contribution is -2.31. The zero-order valence-corrected chi connectivity index (χ0v) is 13.4. The third-order valence-electron chi connectivity index (χ3n) is 4.64. The average Bonchev–Trinajstić information content (AvgIpc) is 3.12. The van der Waals surface area contributed by atoms with E-state index in [0.29, 0.717) is 19.5 Å². The lowest BCUT2D eigenvalue weighted by molar-refractivity contribution is -0.144. The van der Waals surface area contributed by atoms with Gasteiger partial charge < -0.3 is 9.64 Å². The van der Waals surface area contributed by atoms with Crippen molar-refractivity contribution in [3.8, 4) is 0 Å². The van der Waals surface area contributed by atoms with E-state index in [2.05, 4.69) is 6.92 Å². The molecule has 4 nitrogen and oxygen atoms in total. The van der Waals surface area contributed by atoms with E-state index in [1.54, 1.807) is 11.3 Å². The van der Waals surface area contributed by atoms with Gasteiger partial charge in [0.1, 0.15) is 0 Å². The van der Waals surface area contributed by atoms with Gasteiger partial charge in [-0.05, 0) is 37.2 Å². The highest BCUT2D eigenvalue weighted by atomic mass is 32.1. The number of rotatable bonds is 2. The highest BCUT2D eigenvalue weighted by Crippen LogP contribution is 2.34. The Morgan fingerprint density at radius 2 is 2.19 bits per heavy atom. The molecule has 1 aromatic heterocycles. The highest BCUT2D eigenvalue weighted by Gasteiger charge is 2.34. The standard InChI is InChI=1S/C16H21NO3S/c1-10-3-4-12-13(9-21-14(12)7-10)15(18)17-6-5-11(8-17)16(19)20-2/h9-11H,3-8H2,1-2H3. The van der Waals surface area contributed by atoms with E-state index in [9.17, 15) is 9.59 Å². The first-order valence-corrected chi connectivity index (χ1v) is 8.44. The molecule has 0 bridgehead atoms. The molecule has 2 heterocycles. The molecule has 114 valence electrons. The molecule has 0 aromatic carbocycles. The Morgan fingerprint density at radius 1 is 1.38 bits per heavy atom. The first-order valence-electron chi connectivity index (χ1n) is 7.56. The van der Waals surface area contributed by atoms with Gasteiger partial charge in [0.15, 0.2) is 0 Å². The quantitative estimate of drug-likeness (QED) is 0.789. The van der Waals surface area contributed by atoms with Crippen LogP contribution in [0.3, 0.4) is 0 Å². The van der Waals surface area contributed by atoms with Crippen LogP contribution in [0.25, 0.3) is 0 Å². The number of carbonyl (C=O) groups excluding carboxylic acids is 2. The Morgan fingerprint density at radius 3 is 2.95 bits per heavy atom. The zero-order chi connectivity index (χ0) is 15.0. The van der Waals surface area contributed by atoms with Gasteiger partial charge in [0.05, 0.1) is 18.6 Å². The number of esters is 1. The molecular weight excluding hydrogens is 286 g/mol. The fraction of sp³-hybridized carbons (Fsp3) is 0.625. The maximum Gasteiger partial charge on any atom is 0.310 e. The molecule has 2 unspecified atom stereocenters. The Bertz CT molecular complexity index is 566. The van der Waals surface area contributed by atoms with E-state index in [1.807, 2.05) is 10.3 Å². The van der Waals surface area contributed by atoms with Gasteiger partial charge in [-0.3, -0.25) is 9.59 Å². The maximum absolute atomic E-state index is 12.7. The Kier molecular flexibility index (Phi) is 4.02. The molecule has 1 aliphatic carbocycles. The Labute approximate surface area is 129 Å². The summed E-state index contributed by atoms with van der Waals surface area (Å²) in [4.78, 5) is 27.5. The summed E-state index contributed by atoms with van der Waals surface area (Å²) >= 11 is 1.72. The summed E-state index contributed by atoms with van der Waals surface area (Å²) in [6, 6.07) is 0. The van der Waals surface area contributed by atoms with E-state index in [1.165, 1.54) is 17.6 Å². The summed E-state index contributed by atoms with van der Waals surface area (Å²) in [6.07, 6.45) is 3.98. The third-order valence-corrected chi connectivity index (χ3v) is 5.69. The molecule has 0 spiro atoms. The number of hydrogen-bond donors (Lipinski definition) is 0. The SMILES string of the molecule is COC(=O)C1CCN(C(=O)c2csc3c2CCC(C)C3)C1. The number of ether oxygens (including phenoxy) is 1. The van der Waals surface area contributed by atoms with Crippen LogP contribution in [0, 0.1) is 11.8 Å². The molecule has 3 rings (SSSR count). The van der Waals surface area contributed by atoms with Crippen LogP contribution in [0.2, 0.25) is 0 Å². The molecule has 0 N–H and O–H groups in total. The molecule has 2 atom stereocenters. The van der Waals surface area contributed by atoms with Crippen molar-refractivity contribution in [1.29, 1.82) is 0 Å². The fourth-order valence-corrected chi connectivity index (χ4v) is 4.57. The summed E-state index contributed by atoms with van der Waals surface area (Å²) in [5.41, 5.74) is 2.12. The molecule has 1 aliphatic heterocycles. The molecule has 1 aromatic rings.